The summed E-state index contributed by atoms with van der Waals surface area (Å²) in [6, 6.07) is 11.0. The molecule has 3 rings (SSSR count). The molecule has 0 aliphatic heterocycles. The molecule has 2 heterocycles. The van der Waals surface area contributed by atoms with Crippen LogP contribution in [0.5, 0.6) is 5.75 Å². The molecule has 8 nitrogen and oxygen atoms in total. The number of hydrogen-bond donors (Lipinski definition) is 1. The number of nitrogens with one attached hydrogen (secondary N) is 1. The van der Waals surface area contributed by atoms with Crippen molar-refractivity contribution in [3.05, 3.63) is 80.8 Å². The standard InChI is InChI=1S/C22H20BrN3O5/c1-14(24-20(27)10-5-15-3-7-18(30-2)8-4-15)22(29)31-13-17-11-21(28)26-12-16(23)6-9-19(26)25-17/h3-12,14H,13H2,1-2H3,(H,24,27)/b10-5+/t14-/m1/s1. The number of amides is 1. The molecule has 0 aliphatic rings. The molecule has 1 N–H and O–H groups in total. The zero-order chi connectivity index (χ0) is 22.4. The Kier molecular flexibility index (Phi) is 7.19. The SMILES string of the molecule is COc1ccc(/C=C/C(=O)N[C@H](C)C(=O)OCc2cc(=O)n3cc(Br)ccc3n2)cc1. The molecule has 1 atom stereocenters. The lowest BCUT2D eigenvalue weighted by molar-refractivity contribution is -0.148. The maximum absolute atomic E-state index is 12.2. The first-order valence-electron chi connectivity index (χ1n) is 9.33. The van der Waals surface area contributed by atoms with Gasteiger partial charge in [-0.3, -0.25) is 14.0 Å². The minimum atomic E-state index is -0.870. The number of halogens is 1. The Hall–Kier alpha value is -3.46. The average Bonchev–Trinajstić information content (AvgIpc) is 2.76. The number of benzene rings is 1. The molecule has 0 aliphatic carbocycles. The van der Waals surface area contributed by atoms with Crippen molar-refractivity contribution in [2.24, 2.45) is 0 Å². The summed E-state index contributed by atoms with van der Waals surface area (Å²) in [4.78, 5) is 40.7. The lowest BCUT2D eigenvalue weighted by atomic mass is 10.2. The number of rotatable bonds is 7. The third-order valence-corrected chi connectivity index (χ3v) is 4.76. The maximum atomic E-state index is 12.2. The van der Waals surface area contributed by atoms with E-state index in [-0.39, 0.29) is 12.2 Å². The highest BCUT2D eigenvalue weighted by molar-refractivity contribution is 9.10. The second kappa shape index (κ2) is 10.0. The van der Waals surface area contributed by atoms with Crippen LogP contribution in [0.4, 0.5) is 0 Å². The fourth-order valence-corrected chi connectivity index (χ4v) is 3.01. The molecule has 3 aromatic rings. The predicted molar refractivity (Wildman–Crippen MR) is 119 cm³/mol. The van der Waals surface area contributed by atoms with Crippen molar-refractivity contribution in [3.63, 3.8) is 0 Å². The molecule has 0 saturated heterocycles. The van der Waals surface area contributed by atoms with Crippen LogP contribution >= 0.6 is 15.9 Å². The Morgan fingerprint density at radius 1 is 1.23 bits per heavy atom. The molecule has 1 aromatic carbocycles. The van der Waals surface area contributed by atoms with Gasteiger partial charge in [0.2, 0.25) is 5.91 Å². The summed E-state index contributed by atoms with van der Waals surface area (Å²) in [7, 11) is 1.58. The first kappa shape index (κ1) is 22.2. The fourth-order valence-electron chi connectivity index (χ4n) is 2.68. The van der Waals surface area contributed by atoms with Gasteiger partial charge in [-0.05, 0) is 58.8 Å². The minimum Gasteiger partial charge on any atom is -0.497 e. The van der Waals surface area contributed by atoms with E-state index in [0.717, 1.165) is 15.8 Å². The molecule has 160 valence electrons. The molecule has 9 heteroatoms. The smallest absolute Gasteiger partial charge is 0.328 e. The van der Waals surface area contributed by atoms with E-state index in [1.54, 1.807) is 55.8 Å². The van der Waals surface area contributed by atoms with Crippen molar-refractivity contribution in [2.45, 2.75) is 19.6 Å². The summed E-state index contributed by atoms with van der Waals surface area (Å²) in [5.74, 6) is -0.355. The highest BCUT2D eigenvalue weighted by Gasteiger charge is 2.16. The van der Waals surface area contributed by atoms with E-state index < -0.39 is 17.9 Å². The molecule has 1 amide bonds. The highest BCUT2D eigenvalue weighted by Crippen LogP contribution is 2.12. The van der Waals surface area contributed by atoms with Gasteiger partial charge >= 0.3 is 5.97 Å². The number of hydrogen-bond acceptors (Lipinski definition) is 6. The van der Waals surface area contributed by atoms with E-state index in [0.29, 0.717) is 11.3 Å². The zero-order valence-electron chi connectivity index (χ0n) is 16.9. The van der Waals surface area contributed by atoms with Crippen LogP contribution in [0.2, 0.25) is 0 Å². The first-order valence-corrected chi connectivity index (χ1v) is 10.1. The highest BCUT2D eigenvalue weighted by atomic mass is 79.9. The molecule has 2 aromatic heterocycles. The fraction of sp³-hybridized carbons (Fsp3) is 0.182. The van der Waals surface area contributed by atoms with Gasteiger partial charge in [0.25, 0.3) is 5.56 Å². The van der Waals surface area contributed by atoms with Crippen LogP contribution in [-0.2, 0) is 20.9 Å². The number of nitrogens with zero attached hydrogens (tertiary/aromatic N) is 2. The lowest BCUT2D eigenvalue weighted by Gasteiger charge is -2.12. The number of esters is 1. The van der Waals surface area contributed by atoms with Crippen molar-refractivity contribution < 1.29 is 19.1 Å². The van der Waals surface area contributed by atoms with Gasteiger partial charge in [0, 0.05) is 22.8 Å². The van der Waals surface area contributed by atoms with Gasteiger partial charge in [-0.15, -0.1) is 0 Å². The normalized spacial score (nSPS) is 12.0. The number of ether oxygens (including phenoxy) is 2. The second-order valence-corrected chi connectivity index (χ2v) is 7.52. The number of aromatic nitrogens is 2. The first-order chi connectivity index (χ1) is 14.9. The van der Waals surface area contributed by atoms with Crippen molar-refractivity contribution in [1.82, 2.24) is 14.7 Å². The van der Waals surface area contributed by atoms with E-state index in [1.165, 1.54) is 23.5 Å². The van der Waals surface area contributed by atoms with Crippen LogP contribution in [0.1, 0.15) is 18.2 Å². The van der Waals surface area contributed by atoms with Crippen molar-refractivity contribution >= 4 is 39.5 Å². The van der Waals surface area contributed by atoms with Gasteiger partial charge in [-0.2, -0.15) is 0 Å². The van der Waals surface area contributed by atoms with E-state index in [9.17, 15) is 14.4 Å². The number of carbonyl (C=O) groups is 2. The van der Waals surface area contributed by atoms with E-state index >= 15 is 0 Å². The summed E-state index contributed by atoms with van der Waals surface area (Å²) in [6.07, 6.45) is 4.56. The molecule has 0 unspecified atom stereocenters. The zero-order valence-corrected chi connectivity index (χ0v) is 18.5. The Bertz CT molecular complexity index is 1190. The van der Waals surface area contributed by atoms with Crippen LogP contribution in [0.25, 0.3) is 11.7 Å². The van der Waals surface area contributed by atoms with Crippen molar-refractivity contribution in [2.75, 3.05) is 7.11 Å². The lowest BCUT2D eigenvalue weighted by Crippen LogP contribution is -2.38. The van der Waals surface area contributed by atoms with Crippen LogP contribution in [0.3, 0.4) is 0 Å². The number of methoxy groups -OCH3 is 1. The van der Waals surface area contributed by atoms with Crippen LogP contribution in [-0.4, -0.2) is 34.4 Å². The second-order valence-electron chi connectivity index (χ2n) is 6.61. The third kappa shape index (κ3) is 6.02. The quantitative estimate of drug-likeness (QED) is 0.408. The summed E-state index contributed by atoms with van der Waals surface area (Å²) in [5, 5.41) is 2.54. The Morgan fingerprint density at radius 3 is 2.68 bits per heavy atom. The predicted octanol–water partition coefficient (Wildman–Crippen LogP) is 2.73. The molecular weight excluding hydrogens is 466 g/mol. The maximum Gasteiger partial charge on any atom is 0.328 e. The Labute approximate surface area is 186 Å². The summed E-state index contributed by atoms with van der Waals surface area (Å²) in [6.45, 7) is 1.34. The van der Waals surface area contributed by atoms with E-state index in [4.69, 9.17) is 9.47 Å². The summed E-state index contributed by atoms with van der Waals surface area (Å²) >= 11 is 3.30. The van der Waals surface area contributed by atoms with Crippen LogP contribution in [0, 0.1) is 0 Å². The van der Waals surface area contributed by atoms with Crippen molar-refractivity contribution in [3.8, 4) is 5.75 Å². The van der Waals surface area contributed by atoms with Gasteiger partial charge in [0.1, 0.15) is 24.0 Å². The van der Waals surface area contributed by atoms with Crippen molar-refractivity contribution in [1.29, 1.82) is 0 Å². The monoisotopic (exact) mass is 485 g/mol. The van der Waals surface area contributed by atoms with E-state index in [2.05, 4.69) is 26.2 Å². The number of carbonyl (C=O) groups excluding carboxylic acids is 2. The molecule has 0 radical (unpaired) electrons. The molecular formula is C22H20BrN3O5. The van der Waals surface area contributed by atoms with Gasteiger partial charge in [-0.25, -0.2) is 9.78 Å². The average molecular weight is 486 g/mol. The van der Waals surface area contributed by atoms with Gasteiger partial charge in [-0.1, -0.05) is 12.1 Å². The minimum absolute atomic E-state index is 0.178. The molecule has 0 spiro atoms. The van der Waals surface area contributed by atoms with Gasteiger partial charge in [0.05, 0.1) is 12.8 Å². The molecule has 0 bridgehead atoms. The summed E-state index contributed by atoms with van der Waals surface area (Å²) in [5.41, 5.74) is 1.28. The number of pyridine rings is 1. The summed E-state index contributed by atoms with van der Waals surface area (Å²) < 4.78 is 12.4. The van der Waals surface area contributed by atoms with Crippen LogP contribution in [0.15, 0.2) is 64.0 Å². The molecule has 0 saturated carbocycles. The van der Waals surface area contributed by atoms with Crippen LogP contribution < -0.4 is 15.6 Å². The number of fused-ring (bicyclic) bond motifs is 1. The topological polar surface area (TPSA) is 99.0 Å². The largest absolute Gasteiger partial charge is 0.497 e. The third-order valence-electron chi connectivity index (χ3n) is 4.29. The van der Waals surface area contributed by atoms with Gasteiger partial charge in [0.15, 0.2) is 0 Å². The van der Waals surface area contributed by atoms with E-state index in [1.807, 2.05) is 0 Å². The Morgan fingerprint density at radius 2 is 1.97 bits per heavy atom. The Balaban J connectivity index is 1.54. The molecule has 31 heavy (non-hydrogen) atoms. The van der Waals surface area contributed by atoms with Gasteiger partial charge < -0.3 is 14.8 Å². The molecule has 0 fully saturated rings.